The van der Waals surface area contributed by atoms with E-state index in [1.807, 2.05) is 18.2 Å². The van der Waals surface area contributed by atoms with Crippen molar-refractivity contribution in [2.75, 3.05) is 39.6 Å². The first kappa shape index (κ1) is 43.4. The molecule has 3 aromatic rings. The molecule has 52 heavy (non-hydrogen) atoms. The third-order valence-electron chi connectivity index (χ3n) is 8.62. The van der Waals surface area contributed by atoms with Crippen LogP contribution in [0.1, 0.15) is 72.8 Å². The topological polar surface area (TPSA) is 156 Å². The molecule has 0 aliphatic rings. The number of nitrogens with two attached hydrogens (primary N) is 2. The molecule has 3 rings (SSSR count). The minimum atomic E-state index is -4.82. The van der Waals surface area contributed by atoms with E-state index in [2.05, 4.69) is 11.7 Å². The number of fused-ring (bicyclic) bond motifs is 1. The maximum absolute atomic E-state index is 13.3. The predicted molar refractivity (Wildman–Crippen MR) is 197 cm³/mol. The molecule has 10 nitrogen and oxygen atoms in total. The minimum Gasteiger partial charge on any atom is -0.491 e. The van der Waals surface area contributed by atoms with Crippen LogP contribution in [0, 0.1) is 5.41 Å². The molecule has 6 N–H and O–H groups in total. The van der Waals surface area contributed by atoms with Crippen LogP contribution in [0.5, 0.6) is 11.5 Å². The first-order chi connectivity index (χ1) is 24.2. The van der Waals surface area contributed by atoms with E-state index in [9.17, 15) is 28.2 Å². The van der Waals surface area contributed by atoms with Gasteiger partial charge in [0.15, 0.2) is 0 Å². The number of aliphatic hydroxyl groups excluding tert-OH is 2. The fourth-order valence-corrected chi connectivity index (χ4v) is 6.72. The van der Waals surface area contributed by atoms with Gasteiger partial charge in [0, 0.05) is 26.2 Å². The molecule has 292 valence electrons. The highest BCUT2D eigenvalue weighted by Crippen LogP contribution is 2.42. The van der Waals surface area contributed by atoms with Gasteiger partial charge in [0.05, 0.1) is 31.8 Å². The second kappa shape index (κ2) is 18.9. The van der Waals surface area contributed by atoms with Crippen LogP contribution in [0.25, 0.3) is 20.5 Å². The lowest BCUT2D eigenvalue weighted by Crippen LogP contribution is -2.58. The number of carbonyl (C=O) groups is 1. The molecule has 2 aromatic carbocycles. The number of aryl methyl sites for hydroxylation is 1. The number of alkyl halides is 3. The van der Waals surface area contributed by atoms with Gasteiger partial charge in [0.2, 0.25) is 0 Å². The van der Waals surface area contributed by atoms with E-state index in [0.717, 1.165) is 34.9 Å². The van der Waals surface area contributed by atoms with Crippen molar-refractivity contribution in [3.63, 3.8) is 0 Å². The zero-order chi connectivity index (χ0) is 38.7. The van der Waals surface area contributed by atoms with Gasteiger partial charge in [-0.3, -0.25) is 4.79 Å². The van der Waals surface area contributed by atoms with Crippen molar-refractivity contribution in [3.05, 3.63) is 48.0 Å². The number of hydrogen-bond acceptors (Lipinski definition) is 11. The fraction of sp³-hybridized carbons (Fsp3) is 0.605. The van der Waals surface area contributed by atoms with Crippen LogP contribution < -0.4 is 20.9 Å². The molecule has 3 atom stereocenters. The average Bonchev–Trinajstić information content (AvgIpc) is 3.45. The number of thiophene rings is 1. The van der Waals surface area contributed by atoms with E-state index < -0.39 is 41.0 Å². The fourth-order valence-electron chi connectivity index (χ4n) is 5.60. The van der Waals surface area contributed by atoms with Crippen molar-refractivity contribution >= 4 is 27.4 Å². The summed E-state index contributed by atoms with van der Waals surface area (Å²) in [6.07, 6.45) is -2.97. The van der Waals surface area contributed by atoms with Crippen LogP contribution >= 0.6 is 11.3 Å². The Morgan fingerprint density at radius 2 is 1.52 bits per heavy atom. The lowest BCUT2D eigenvalue weighted by molar-refractivity contribution is -0.274. The zero-order valence-electron chi connectivity index (χ0n) is 31.0. The highest BCUT2D eigenvalue weighted by molar-refractivity contribution is 7.22. The molecule has 1 aromatic heterocycles. The summed E-state index contributed by atoms with van der Waals surface area (Å²) in [6.45, 7) is 10.7. The normalized spacial score (nSPS) is 14.9. The van der Waals surface area contributed by atoms with Gasteiger partial charge in [-0.05, 0) is 101 Å². The molecule has 0 aliphatic heterocycles. The molecule has 14 heteroatoms. The number of rotatable bonds is 22. The Balaban J connectivity index is 1.43. The predicted octanol–water partition coefficient (Wildman–Crippen LogP) is 6.75. The standard InChI is InChI=1S/C38H55F3N2O8S/c1-7-8-9-10-25-11-14-30(31(17-25)51-38(39,40)41)33-18-26-12-13-29(19-32(26)52-33)49-22-27(44)20-47-15-16-48-21-28(45)23-50-34(46)37(6,36(4,5)43)24-35(2,3)42/h11-14,17-19,27-28,44-45H,7-10,15-16,20-24,42-43H2,1-6H3. The van der Waals surface area contributed by atoms with Crippen LogP contribution in [0.2, 0.25) is 0 Å². The molecule has 0 bridgehead atoms. The second-order valence-corrected chi connectivity index (χ2v) is 15.8. The number of carbonyl (C=O) groups excluding carboxylic acids is 1. The summed E-state index contributed by atoms with van der Waals surface area (Å²) >= 11 is 1.32. The van der Waals surface area contributed by atoms with Crippen LogP contribution in [-0.2, 0) is 25.4 Å². The van der Waals surface area contributed by atoms with Crippen molar-refractivity contribution in [3.8, 4) is 21.9 Å². The Hall–Kier alpha value is -2.98. The van der Waals surface area contributed by atoms with E-state index in [-0.39, 0.29) is 51.8 Å². The molecular formula is C38H55F3N2O8S. The van der Waals surface area contributed by atoms with Gasteiger partial charge in [-0.25, -0.2) is 0 Å². The Kier molecular flexibility index (Phi) is 15.8. The molecule has 1 heterocycles. The largest absolute Gasteiger partial charge is 0.573 e. The van der Waals surface area contributed by atoms with Gasteiger partial charge >= 0.3 is 12.3 Å². The number of hydrogen-bond donors (Lipinski definition) is 4. The summed E-state index contributed by atoms with van der Waals surface area (Å²) in [4.78, 5) is 13.5. The Morgan fingerprint density at radius 3 is 2.12 bits per heavy atom. The quantitative estimate of drug-likeness (QED) is 0.0640. The molecular weight excluding hydrogens is 701 g/mol. The SMILES string of the molecule is CCCCCc1ccc(-c2cc3ccc(OCC(O)COCCOCC(O)COC(=O)C(C)(CC(C)(C)N)C(C)(C)N)cc3s2)c(OC(F)(F)F)c1. The van der Waals surface area contributed by atoms with Gasteiger partial charge in [-0.1, -0.05) is 25.8 Å². The minimum absolute atomic E-state index is 0.0315. The van der Waals surface area contributed by atoms with Crippen molar-refractivity contribution in [2.45, 2.75) is 103 Å². The number of halogens is 3. The smallest absolute Gasteiger partial charge is 0.491 e. The first-order valence-electron chi connectivity index (χ1n) is 17.5. The Morgan fingerprint density at radius 1 is 0.865 bits per heavy atom. The maximum Gasteiger partial charge on any atom is 0.573 e. The second-order valence-electron chi connectivity index (χ2n) is 14.7. The molecule has 0 radical (unpaired) electrons. The van der Waals surface area contributed by atoms with Crippen LogP contribution in [-0.4, -0.2) is 85.5 Å². The summed E-state index contributed by atoms with van der Waals surface area (Å²) in [6, 6.07) is 12.1. The van der Waals surface area contributed by atoms with Crippen LogP contribution in [0.4, 0.5) is 13.2 Å². The molecule has 0 spiro atoms. The van der Waals surface area contributed by atoms with E-state index in [0.29, 0.717) is 22.6 Å². The van der Waals surface area contributed by atoms with Gasteiger partial charge in [0.25, 0.3) is 0 Å². The highest BCUT2D eigenvalue weighted by Gasteiger charge is 2.48. The molecule has 0 saturated heterocycles. The van der Waals surface area contributed by atoms with E-state index in [1.165, 1.54) is 17.4 Å². The van der Waals surface area contributed by atoms with Crippen molar-refractivity contribution < 1.29 is 51.9 Å². The summed E-state index contributed by atoms with van der Waals surface area (Å²) in [5, 5.41) is 21.4. The first-order valence-corrected chi connectivity index (χ1v) is 18.3. The third kappa shape index (κ3) is 13.8. The van der Waals surface area contributed by atoms with Gasteiger partial charge in [-0.2, -0.15) is 0 Å². The average molecular weight is 757 g/mol. The highest BCUT2D eigenvalue weighted by atomic mass is 32.1. The third-order valence-corrected chi connectivity index (χ3v) is 9.75. The number of benzene rings is 2. The zero-order valence-corrected chi connectivity index (χ0v) is 31.8. The Labute approximate surface area is 308 Å². The monoisotopic (exact) mass is 756 g/mol. The molecule has 0 amide bonds. The van der Waals surface area contributed by atoms with E-state index in [1.54, 1.807) is 52.8 Å². The number of unbranched alkanes of at least 4 members (excludes halogenated alkanes) is 2. The number of ether oxygens (including phenoxy) is 5. The van der Waals surface area contributed by atoms with Crippen molar-refractivity contribution in [2.24, 2.45) is 16.9 Å². The van der Waals surface area contributed by atoms with Crippen LogP contribution in [0.3, 0.4) is 0 Å². The Bertz CT molecular complexity index is 1570. The maximum atomic E-state index is 13.3. The molecule has 0 fully saturated rings. The summed E-state index contributed by atoms with van der Waals surface area (Å²) < 4.78 is 67.1. The van der Waals surface area contributed by atoms with E-state index in [4.69, 9.17) is 30.4 Å². The number of esters is 1. The van der Waals surface area contributed by atoms with Crippen LogP contribution in [0.15, 0.2) is 42.5 Å². The molecule has 3 unspecified atom stereocenters. The van der Waals surface area contributed by atoms with Gasteiger partial charge in [-0.15, -0.1) is 24.5 Å². The summed E-state index contributed by atoms with van der Waals surface area (Å²) in [5.74, 6) is -0.292. The lowest BCUT2D eigenvalue weighted by Gasteiger charge is -2.43. The van der Waals surface area contributed by atoms with Crippen molar-refractivity contribution in [1.82, 2.24) is 0 Å². The van der Waals surface area contributed by atoms with Gasteiger partial charge in [0.1, 0.15) is 36.9 Å². The molecule has 0 aliphatic carbocycles. The summed E-state index contributed by atoms with van der Waals surface area (Å²) in [5.41, 5.74) is 10.9. The lowest BCUT2D eigenvalue weighted by atomic mass is 9.67. The molecule has 0 saturated carbocycles. The van der Waals surface area contributed by atoms with Crippen molar-refractivity contribution in [1.29, 1.82) is 0 Å². The van der Waals surface area contributed by atoms with Gasteiger partial charge < -0.3 is 45.4 Å². The van der Waals surface area contributed by atoms with E-state index >= 15 is 0 Å². The summed E-state index contributed by atoms with van der Waals surface area (Å²) in [7, 11) is 0. The number of aliphatic hydroxyl groups is 2.